The number of hydrogen-bond acceptors (Lipinski definition) is 2. The third kappa shape index (κ3) is 2.93. The lowest BCUT2D eigenvalue weighted by molar-refractivity contribution is -0.151. The van der Waals surface area contributed by atoms with Gasteiger partial charge in [-0.15, -0.1) is 0 Å². The van der Waals surface area contributed by atoms with Gasteiger partial charge in [-0.25, -0.2) is 0 Å². The van der Waals surface area contributed by atoms with Crippen LogP contribution in [-0.4, -0.2) is 23.5 Å². The van der Waals surface area contributed by atoms with Crippen molar-refractivity contribution in [2.45, 2.75) is 52.9 Å². The Morgan fingerprint density at radius 1 is 1.26 bits per heavy atom. The summed E-state index contributed by atoms with van der Waals surface area (Å²) in [6.45, 7) is 6.61. The van der Waals surface area contributed by atoms with E-state index in [1.807, 2.05) is 0 Å². The van der Waals surface area contributed by atoms with Crippen LogP contribution in [0.1, 0.15) is 52.9 Å². The Morgan fingerprint density at radius 3 is 2.21 bits per heavy atom. The minimum Gasteiger partial charge on any atom is -0.481 e. The summed E-state index contributed by atoms with van der Waals surface area (Å²) in [4.78, 5) is 23.5. The average molecular weight is 267 g/mol. The Kier molecular flexibility index (Phi) is 3.63. The second kappa shape index (κ2) is 4.80. The number of carboxylic acids is 1. The molecular formula is C15H25NO3. The highest BCUT2D eigenvalue weighted by Gasteiger charge is 2.51. The van der Waals surface area contributed by atoms with Gasteiger partial charge in [-0.1, -0.05) is 20.8 Å². The summed E-state index contributed by atoms with van der Waals surface area (Å²) >= 11 is 0. The van der Waals surface area contributed by atoms with E-state index in [2.05, 4.69) is 26.1 Å². The van der Waals surface area contributed by atoms with Crippen molar-refractivity contribution in [1.82, 2.24) is 5.32 Å². The molecular weight excluding hydrogens is 242 g/mol. The summed E-state index contributed by atoms with van der Waals surface area (Å²) in [6, 6.07) is 0. The highest BCUT2D eigenvalue weighted by atomic mass is 16.4. The summed E-state index contributed by atoms with van der Waals surface area (Å²) < 4.78 is 0. The van der Waals surface area contributed by atoms with Gasteiger partial charge >= 0.3 is 5.97 Å². The Balaban J connectivity index is 1.91. The van der Waals surface area contributed by atoms with Gasteiger partial charge in [0, 0.05) is 12.5 Å². The first kappa shape index (κ1) is 14.4. The van der Waals surface area contributed by atoms with Gasteiger partial charge in [0.15, 0.2) is 0 Å². The van der Waals surface area contributed by atoms with Crippen LogP contribution < -0.4 is 5.32 Å². The Labute approximate surface area is 115 Å². The van der Waals surface area contributed by atoms with Crippen LogP contribution in [0.3, 0.4) is 0 Å². The number of carbonyl (C=O) groups excluding carboxylic acids is 1. The highest BCUT2D eigenvalue weighted by molar-refractivity contribution is 5.83. The molecule has 4 heteroatoms. The molecule has 1 atom stereocenters. The standard InChI is InChI=1S/C15H25NO3/c1-10-4-6-15(7-5-10,13(18)19)9-16-12(17)11-8-14(11,2)3/h10-11H,4-9H2,1-3H3,(H,16,17)(H,18,19). The van der Waals surface area contributed by atoms with E-state index in [0.717, 1.165) is 19.3 Å². The van der Waals surface area contributed by atoms with Crippen LogP contribution in [0.25, 0.3) is 0 Å². The van der Waals surface area contributed by atoms with Crippen molar-refractivity contribution in [2.75, 3.05) is 6.54 Å². The van der Waals surface area contributed by atoms with Crippen LogP contribution in [-0.2, 0) is 9.59 Å². The van der Waals surface area contributed by atoms with E-state index in [1.54, 1.807) is 0 Å². The minimum absolute atomic E-state index is 0.0317. The fraction of sp³-hybridized carbons (Fsp3) is 0.867. The van der Waals surface area contributed by atoms with E-state index in [0.29, 0.717) is 25.3 Å². The maximum absolute atomic E-state index is 12.0. The molecule has 0 aromatic heterocycles. The van der Waals surface area contributed by atoms with Crippen LogP contribution in [0.5, 0.6) is 0 Å². The lowest BCUT2D eigenvalue weighted by atomic mass is 9.71. The molecule has 2 saturated carbocycles. The largest absolute Gasteiger partial charge is 0.481 e. The smallest absolute Gasteiger partial charge is 0.311 e. The zero-order valence-corrected chi connectivity index (χ0v) is 12.2. The molecule has 0 spiro atoms. The zero-order valence-electron chi connectivity index (χ0n) is 12.2. The number of hydrogen-bond donors (Lipinski definition) is 2. The van der Waals surface area contributed by atoms with E-state index >= 15 is 0 Å². The van der Waals surface area contributed by atoms with Gasteiger partial charge in [0.25, 0.3) is 0 Å². The number of carboxylic acid groups (broad SMARTS) is 1. The fourth-order valence-electron chi connectivity index (χ4n) is 3.08. The zero-order chi connectivity index (χ0) is 14.3. The first-order valence-electron chi connectivity index (χ1n) is 7.28. The number of nitrogens with one attached hydrogen (secondary N) is 1. The van der Waals surface area contributed by atoms with Crippen molar-refractivity contribution in [3.8, 4) is 0 Å². The summed E-state index contributed by atoms with van der Waals surface area (Å²) in [5, 5.41) is 12.4. The van der Waals surface area contributed by atoms with Gasteiger partial charge in [-0.2, -0.15) is 0 Å². The van der Waals surface area contributed by atoms with Crippen molar-refractivity contribution in [2.24, 2.45) is 22.7 Å². The molecule has 4 nitrogen and oxygen atoms in total. The van der Waals surface area contributed by atoms with Crippen molar-refractivity contribution in [3.63, 3.8) is 0 Å². The number of rotatable bonds is 4. The summed E-state index contributed by atoms with van der Waals surface area (Å²) in [6.07, 6.45) is 4.15. The first-order valence-corrected chi connectivity index (χ1v) is 7.28. The molecule has 1 unspecified atom stereocenters. The number of amides is 1. The van der Waals surface area contributed by atoms with E-state index in [1.165, 1.54) is 0 Å². The molecule has 2 rings (SSSR count). The maximum atomic E-state index is 12.0. The molecule has 0 aromatic rings. The molecule has 2 N–H and O–H groups in total. The molecule has 0 aromatic carbocycles. The van der Waals surface area contributed by atoms with Crippen LogP contribution >= 0.6 is 0 Å². The van der Waals surface area contributed by atoms with E-state index < -0.39 is 11.4 Å². The van der Waals surface area contributed by atoms with Gasteiger partial charge < -0.3 is 10.4 Å². The summed E-state index contributed by atoms with van der Waals surface area (Å²) in [5.41, 5.74) is -0.636. The third-order valence-electron chi connectivity index (χ3n) is 5.12. The Morgan fingerprint density at radius 2 is 1.79 bits per heavy atom. The Bertz CT molecular complexity index is 381. The molecule has 0 bridgehead atoms. The second-order valence-electron chi connectivity index (χ2n) is 7.23. The predicted octanol–water partition coefficient (Wildman–Crippen LogP) is 2.43. The molecule has 0 heterocycles. The minimum atomic E-state index is -0.755. The monoisotopic (exact) mass is 267 g/mol. The van der Waals surface area contributed by atoms with E-state index in [-0.39, 0.29) is 17.2 Å². The molecule has 19 heavy (non-hydrogen) atoms. The van der Waals surface area contributed by atoms with Crippen LogP contribution in [0.4, 0.5) is 0 Å². The van der Waals surface area contributed by atoms with Gasteiger partial charge in [0.2, 0.25) is 5.91 Å². The molecule has 2 fully saturated rings. The lowest BCUT2D eigenvalue weighted by Gasteiger charge is -2.35. The molecule has 0 aliphatic heterocycles. The van der Waals surface area contributed by atoms with Crippen molar-refractivity contribution in [3.05, 3.63) is 0 Å². The molecule has 2 aliphatic rings. The Hall–Kier alpha value is -1.06. The lowest BCUT2D eigenvalue weighted by Crippen LogP contribution is -2.45. The highest BCUT2D eigenvalue weighted by Crippen LogP contribution is 2.51. The predicted molar refractivity (Wildman–Crippen MR) is 72.6 cm³/mol. The summed E-state index contributed by atoms with van der Waals surface area (Å²) in [5.74, 6) is -0.0506. The van der Waals surface area contributed by atoms with Gasteiger partial charge in [-0.3, -0.25) is 9.59 Å². The topological polar surface area (TPSA) is 66.4 Å². The molecule has 108 valence electrons. The van der Waals surface area contributed by atoms with E-state index in [4.69, 9.17) is 0 Å². The SMILES string of the molecule is CC1CCC(CNC(=O)C2CC2(C)C)(C(=O)O)CC1. The first-order chi connectivity index (χ1) is 8.77. The van der Waals surface area contributed by atoms with Gasteiger partial charge in [0.1, 0.15) is 0 Å². The quantitative estimate of drug-likeness (QED) is 0.822. The number of aliphatic carboxylic acids is 1. The molecule has 0 radical (unpaired) electrons. The third-order valence-corrected chi connectivity index (χ3v) is 5.12. The molecule has 0 saturated heterocycles. The number of carbonyl (C=O) groups is 2. The van der Waals surface area contributed by atoms with Gasteiger partial charge in [0.05, 0.1) is 5.41 Å². The van der Waals surface area contributed by atoms with Crippen molar-refractivity contribution in [1.29, 1.82) is 0 Å². The van der Waals surface area contributed by atoms with Crippen LogP contribution in [0.2, 0.25) is 0 Å². The fourth-order valence-corrected chi connectivity index (χ4v) is 3.08. The average Bonchev–Trinajstić information content (AvgIpc) is 2.97. The van der Waals surface area contributed by atoms with Crippen LogP contribution in [0.15, 0.2) is 0 Å². The van der Waals surface area contributed by atoms with Crippen molar-refractivity contribution >= 4 is 11.9 Å². The summed E-state index contributed by atoms with van der Waals surface area (Å²) in [7, 11) is 0. The maximum Gasteiger partial charge on any atom is 0.311 e. The van der Waals surface area contributed by atoms with Gasteiger partial charge in [-0.05, 0) is 43.4 Å². The second-order valence-corrected chi connectivity index (χ2v) is 7.23. The van der Waals surface area contributed by atoms with Crippen molar-refractivity contribution < 1.29 is 14.7 Å². The van der Waals surface area contributed by atoms with Crippen LogP contribution in [0, 0.1) is 22.7 Å². The molecule has 2 aliphatic carbocycles. The normalized spacial score (nSPS) is 36.6. The van der Waals surface area contributed by atoms with E-state index in [9.17, 15) is 14.7 Å². The molecule has 1 amide bonds.